The zero-order chi connectivity index (χ0) is 25.6. The van der Waals surface area contributed by atoms with Gasteiger partial charge in [0.05, 0.1) is 25.7 Å². The van der Waals surface area contributed by atoms with Crippen molar-refractivity contribution in [2.45, 2.75) is 57.8 Å². The minimum atomic E-state index is -0.297. The van der Waals surface area contributed by atoms with E-state index in [-0.39, 0.29) is 23.2 Å². The molecule has 0 aliphatic rings. The topological polar surface area (TPSA) is 87.5 Å². The molecule has 3 rings (SSSR count). The van der Waals surface area contributed by atoms with Gasteiger partial charge in [0.25, 0.3) is 0 Å². The van der Waals surface area contributed by atoms with Crippen LogP contribution in [0.2, 0.25) is 0 Å². The quantitative estimate of drug-likeness (QED) is 0.370. The lowest BCUT2D eigenvalue weighted by Crippen LogP contribution is -2.16. The highest BCUT2D eigenvalue weighted by Gasteiger charge is 2.20. The molecule has 0 fully saturated rings. The second-order valence-corrected chi connectivity index (χ2v) is 9.97. The van der Waals surface area contributed by atoms with Gasteiger partial charge in [-0.2, -0.15) is 0 Å². The maximum Gasteiger partial charge on any atom is 0.234 e. The fourth-order valence-corrected chi connectivity index (χ4v) is 4.32. The number of carbonyl (C=O) groups is 1. The Balaban J connectivity index is 1.63. The Morgan fingerprint density at radius 1 is 1.06 bits per heavy atom. The Hall–Kier alpha value is -3.20. The van der Waals surface area contributed by atoms with Gasteiger partial charge in [-0.15, -0.1) is 10.2 Å². The van der Waals surface area contributed by atoms with Gasteiger partial charge in [-0.3, -0.25) is 4.79 Å². The van der Waals surface area contributed by atoms with Crippen LogP contribution in [0.1, 0.15) is 52.1 Å². The van der Waals surface area contributed by atoms with Gasteiger partial charge in [0, 0.05) is 12.6 Å². The number of ether oxygens (including phenoxy) is 3. The van der Waals surface area contributed by atoms with Crippen LogP contribution in [0.3, 0.4) is 0 Å². The number of nitrogens with one attached hydrogen (secondary N) is 1. The highest BCUT2D eigenvalue weighted by molar-refractivity contribution is 7.99. The lowest BCUT2D eigenvalue weighted by molar-refractivity contribution is -0.113. The fraction of sp³-hybridized carbons (Fsp3) is 0.423. The Morgan fingerprint density at radius 3 is 2.34 bits per heavy atom. The minimum absolute atomic E-state index is 0.0868. The third-order valence-electron chi connectivity index (χ3n) is 5.47. The van der Waals surface area contributed by atoms with Crippen molar-refractivity contribution in [1.29, 1.82) is 0 Å². The first-order chi connectivity index (χ1) is 16.7. The van der Waals surface area contributed by atoms with Crippen LogP contribution in [-0.2, 0) is 16.8 Å². The molecule has 0 aliphatic heterocycles. The largest absolute Gasteiger partial charge is 0.497 e. The Labute approximate surface area is 211 Å². The van der Waals surface area contributed by atoms with E-state index in [2.05, 4.69) is 48.4 Å². The number of rotatable bonds is 10. The summed E-state index contributed by atoms with van der Waals surface area (Å²) < 4.78 is 18.7. The van der Waals surface area contributed by atoms with E-state index in [0.29, 0.717) is 34.7 Å². The number of aromatic nitrogens is 3. The van der Waals surface area contributed by atoms with E-state index >= 15 is 0 Å². The third-order valence-corrected chi connectivity index (χ3v) is 6.44. The molecule has 0 bridgehead atoms. The summed E-state index contributed by atoms with van der Waals surface area (Å²) in [6.45, 7) is 11.2. The molecular formula is C26H34N4O4S. The Kier molecular flexibility index (Phi) is 8.67. The van der Waals surface area contributed by atoms with Crippen molar-refractivity contribution in [1.82, 2.24) is 14.8 Å². The molecule has 1 atom stereocenters. The molecule has 1 aromatic heterocycles. The van der Waals surface area contributed by atoms with Crippen LogP contribution >= 0.6 is 11.8 Å². The summed E-state index contributed by atoms with van der Waals surface area (Å²) in [5.41, 5.74) is 1.92. The van der Waals surface area contributed by atoms with Crippen LogP contribution in [0, 0.1) is 0 Å². The number of carbonyl (C=O) groups excluding carboxylic acids is 1. The molecular weight excluding hydrogens is 464 g/mol. The van der Waals surface area contributed by atoms with Crippen molar-refractivity contribution in [3.63, 3.8) is 0 Å². The summed E-state index contributed by atoms with van der Waals surface area (Å²) in [5.74, 6) is 2.68. The van der Waals surface area contributed by atoms with Crippen molar-refractivity contribution >= 4 is 23.4 Å². The minimum Gasteiger partial charge on any atom is -0.497 e. The number of nitrogens with zero attached hydrogens (tertiary/aromatic N) is 3. The van der Waals surface area contributed by atoms with E-state index in [1.54, 1.807) is 32.4 Å². The highest BCUT2D eigenvalue weighted by atomic mass is 32.2. The van der Waals surface area contributed by atoms with Crippen LogP contribution in [0.25, 0.3) is 0 Å². The van der Waals surface area contributed by atoms with Gasteiger partial charge in [0.2, 0.25) is 5.91 Å². The third kappa shape index (κ3) is 6.69. The molecule has 1 amide bonds. The summed E-state index contributed by atoms with van der Waals surface area (Å²) in [4.78, 5) is 12.6. The summed E-state index contributed by atoms with van der Waals surface area (Å²) in [6.07, 6.45) is -0.297. The lowest BCUT2D eigenvalue weighted by atomic mass is 9.87. The van der Waals surface area contributed by atoms with Gasteiger partial charge in [-0.1, -0.05) is 44.7 Å². The molecule has 0 saturated carbocycles. The Morgan fingerprint density at radius 2 is 1.74 bits per heavy atom. The predicted molar refractivity (Wildman–Crippen MR) is 139 cm³/mol. The number of thioether (sulfide) groups is 1. The standard InChI is InChI=1S/C26H34N4O4S/c1-8-30-24(17(2)34-19-11-9-18(10-12-19)26(3,4)5)28-29-25(30)35-16-23(31)27-21-14-13-20(32-6)15-22(21)33-7/h9-15,17H,8,16H2,1-7H3,(H,27,31). The van der Waals surface area contributed by atoms with Crippen LogP contribution < -0.4 is 19.5 Å². The highest BCUT2D eigenvalue weighted by Crippen LogP contribution is 2.30. The SMILES string of the molecule is CCn1c(SCC(=O)Nc2ccc(OC)cc2OC)nnc1C(C)Oc1ccc(C(C)(C)C)cc1. The predicted octanol–water partition coefficient (Wildman–Crippen LogP) is 5.48. The number of amides is 1. The van der Waals surface area contributed by atoms with Crippen molar-refractivity contribution in [2.75, 3.05) is 25.3 Å². The lowest BCUT2D eigenvalue weighted by Gasteiger charge is -2.20. The average molecular weight is 499 g/mol. The molecule has 0 radical (unpaired) electrons. The van der Waals surface area contributed by atoms with Crippen molar-refractivity contribution < 1.29 is 19.0 Å². The zero-order valence-electron chi connectivity index (χ0n) is 21.4. The summed E-state index contributed by atoms with van der Waals surface area (Å²) in [7, 11) is 3.13. The van der Waals surface area contributed by atoms with Crippen LogP contribution in [0.15, 0.2) is 47.6 Å². The molecule has 2 aromatic carbocycles. The van der Waals surface area contributed by atoms with Gasteiger partial charge < -0.3 is 24.1 Å². The van der Waals surface area contributed by atoms with E-state index in [1.807, 2.05) is 30.5 Å². The van der Waals surface area contributed by atoms with Gasteiger partial charge >= 0.3 is 0 Å². The van der Waals surface area contributed by atoms with E-state index < -0.39 is 0 Å². The number of hydrogen-bond acceptors (Lipinski definition) is 7. The number of hydrogen-bond donors (Lipinski definition) is 1. The van der Waals surface area contributed by atoms with Crippen LogP contribution in [-0.4, -0.2) is 40.6 Å². The summed E-state index contributed by atoms with van der Waals surface area (Å²) >= 11 is 1.33. The van der Waals surface area contributed by atoms with E-state index in [0.717, 1.165) is 5.75 Å². The maximum absolute atomic E-state index is 12.6. The second-order valence-electron chi connectivity index (χ2n) is 9.02. The molecule has 0 saturated heterocycles. The number of anilines is 1. The molecule has 9 heteroatoms. The van der Waals surface area contributed by atoms with E-state index in [4.69, 9.17) is 14.2 Å². The molecule has 188 valence electrons. The summed E-state index contributed by atoms with van der Waals surface area (Å²) in [6, 6.07) is 13.4. The van der Waals surface area contributed by atoms with Crippen molar-refractivity contribution in [3.8, 4) is 17.2 Å². The van der Waals surface area contributed by atoms with Crippen molar-refractivity contribution in [2.24, 2.45) is 0 Å². The molecule has 0 spiro atoms. The molecule has 1 N–H and O–H groups in total. The van der Waals surface area contributed by atoms with Gasteiger partial charge in [-0.05, 0) is 49.1 Å². The first-order valence-electron chi connectivity index (χ1n) is 11.5. The molecule has 35 heavy (non-hydrogen) atoms. The first kappa shape index (κ1) is 26.4. The first-order valence-corrected chi connectivity index (χ1v) is 12.5. The molecule has 1 heterocycles. The van der Waals surface area contributed by atoms with Gasteiger partial charge in [-0.25, -0.2) is 0 Å². The van der Waals surface area contributed by atoms with E-state index in [9.17, 15) is 4.79 Å². The number of methoxy groups -OCH3 is 2. The maximum atomic E-state index is 12.6. The summed E-state index contributed by atoms with van der Waals surface area (Å²) in [5, 5.41) is 12.2. The van der Waals surface area contributed by atoms with Gasteiger partial charge in [0.1, 0.15) is 17.2 Å². The fourth-order valence-electron chi connectivity index (χ4n) is 3.51. The molecule has 1 unspecified atom stereocenters. The van der Waals surface area contributed by atoms with Gasteiger partial charge in [0.15, 0.2) is 17.1 Å². The number of benzene rings is 2. The van der Waals surface area contributed by atoms with E-state index in [1.165, 1.54) is 17.3 Å². The zero-order valence-corrected chi connectivity index (χ0v) is 22.2. The average Bonchev–Trinajstić information content (AvgIpc) is 3.26. The Bertz CT molecular complexity index is 1140. The molecule has 3 aromatic rings. The molecule has 0 aliphatic carbocycles. The molecule has 8 nitrogen and oxygen atoms in total. The normalized spacial score (nSPS) is 12.2. The van der Waals surface area contributed by atoms with Crippen LogP contribution in [0.4, 0.5) is 5.69 Å². The van der Waals surface area contributed by atoms with Crippen LogP contribution in [0.5, 0.6) is 17.2 Å². The second kappa shape index (κ2) is 11.5. The monoisotopic (exact) mass is 498 g/mol. The van der Waals surface area contributed by atoms with Crippen molar-refractivity contribution in [3.05, 3.63) is 53.9 Å². The smallest absolute Gasteiger partial charge is 0.234 e.